The zero-order valence-electron chi connectivity index (χ0n) is 4.27. The predicted octanol–water partition coefficient (Wildman–Crippen LogP) is -1.71. The van der Waals surface area contributed by atoms with Gasteiger partial charge in [0.05, 0.1) is 0 Å². The molecule has 0 fully saturated rings. The van der Waals surface area contributed by atoms with Crippen molar-refractivity contribution in [2.75, 3.05) is 0 Å². The molecule has 0 aliphatic rings. The first-order valence-electron chi connectivity index (χ1n) is 2.17. The van der Waals surface area contributed by atoms with Crippen LogP contribution in [-0.2, 0) is 0 Å². The zero-order chi connectivity index (χ0) is 6.85. The Morgan fingerprint density at radius 1 is 1.40 bits per heavy atom. The summed E-state index contributed by atoms with van der Waals surface area (Å²) in [6, 6.07) is 0. The molecule has 0 unspecified atom stereocenters. The van der Waals surface area contributed by atoms with E-state index in [1.165, 1.54) is 0 Å². The van der Waals surface area contributed by atoms with Crippen LogP contribution in [0.25, 0.3) is 0 Å². The molecule has 1 aromatic heterocycles. The standard InChI is InChI=1S/C4H3FN2O2.Ca.2H/c5-2-1-6-4(9)7-3(2)8;;;/h1H,(H2,6,7,8,9);;;. The van der Waals surface area contributed by atoms with Crippen LogP contribution >= 0.6 is 0 Å². The quantitative estimate of drug-likeness (QED) is 0.457. The van der Waals surface area contributed by atoms with Crippen molar-refractivity contribution in [1.29, 1.82) is 0 Å². The van der Waals surface area contributed by atoms with Gasteiger partial charge in [-0.25, -0.2) is 4.79 Å². The number of hydrogen-bond donors (Lipinski definition) is 2. The Bertz CT molecular complexity index is 318. The summed E-state index contributed by atoms with van der Waals surface area (Å²) >= 11 is 0. The van der Waals surface area contributed by atoms with E-state index in [0.717, 1.165) is 0 Å². The molecule has 0 aliphatic carbocycles. The van der Waals surface area contributed by atoms with Gasteiger partial charge in [-0.3, -0.25) is 9.78 Å². The summed E-state index contributed by atoms with van der Waals surface area (Å²) < 4.78 is 12.0. The second kappa shape index (κ2) is 3.90. The maximum atomic E-state index is 12.0. The molecule has 1 aromatic rings. The van der Waals surface area contributed by atoms with Crippen LogP contribution in [0.15, 0.2) is 15.8 Å². The number of halogens is 1. The third-order valence-electron chi connectivity index (χ3n) is 0.774. The maximum absolute atomic E-state index is 12.0. The van der Waals surface area contributed by atoms with Crippen molar-refractivity contribution in [2.24, 2.45) is 0 Å². The molecular formula is C4H5CaFN2O2. The third-order valence-corrected chi connectivity index (χ3v) is 0.774. The summed E-state index contributed by atoms with van der Waals surface area (Å²) in [6.45, 7) is 0. The molecule has 0 spiro atoms. The van der Waals surface area contributed by atoms with Crippen molar-refractivity contribution in [3.63, 3.8) is 0 Å². The van der Waals surface area contributed by atoms with Gasteiger partial charge in [0.25, 0.3) is 5.56 Å². The third kappa shape index (κ3) is 2.24. The Morgan fingerprint density at radius 3 is 2.40 bits per heavy atom. The molecule has 0 amide bonds. The van der Waals surface area contributed by atoms with Gasteiger partial charge >= 0.3 is 43.4 Å². The number of aromatic nitrogens is 2. The van der Waals surface area contributed by atoms with E-state index in [1.807, 2.05) is 4.98 Å². The van der Waals surface area contributed by atoms with Crippen molar-refractivity contribution >= 4 is 37.7 Å². The molecule has 4 nitrogen and oxygen atoms in total. The molecular weight excluding hydrogens is 167 g/mol. The number of aromatic amines is 2. The molecule has 1 rings (SSSR count). The van der Waals surface area contributed by atoms with Crippen LogP contribution in [0.2, 0.25) is 0 Å². The average Bonchev–Trinajstić information content (AvgIpc) is 1.80. The predicted molar refractivity (Wildman–Crippen MR) is 36.2 cm³/mol. The Kier molecular flexibility index (Phi) is 3.85. The van der Waals surface area contributed by atoms with Gasteiger partial charge in [0.15, 0.2) is 0 Å². The Balaban J connectivity index is 0.000000810. The normalized spacial score (nSPS) is 8.50. The fraction of sp³-hybridized carbons (Fsp3) is 0. The molecule has 0 atom stereocenters. The van der Waals surface area contributed by atoms with Crippen molar-refractivity contribution in [3.05, 3.63) is 32.9 Å². The average molecular weight is 172 g/mol. The first kappa shape index (κ1) is 9.87. The van der Waals surface area contributed by atoms with Crippen molar-refractivity contribution in [2.45, 2.75) is 0 Å². The van der Waals surface area contributed by atoms with E-state index in [2.05, 4.69) is 0 Å². The second-order valence-electron chi connectivity index (χ2n) is 1.42. The van der Waals surface area contributed by atoms with Crippen LogP contribution in [0.5, 0.6) is 0 Å². The Hall–Kier alpha value is -0.130. The molecule has 0 radical (unpaired) electrons. The topological polar surface area (TPSA) is 65.7 Å². The van der Waals surface area contributed by atoms with Gasteiger partial charge in [-0.1, -0.05) is 0 Å². The molecule has 0 aromatic carbocycles. The van der Waals surface area contributed by atoms with Crippen LogP contribution in [0.4, 0.5) is 4.39 Å². The Morgan fingerprint density at radius 2 is 2.00 bits per heavy atom. The molecule has 0 saturated carbocycles. The summed E-state index contributed by atoms with van der Waals surface area (Å²) in [5.74, 6) is -0.991. The summed E-state index contributed by atoms with van der Waals surface area (Å²) in [5.41, 5.74) is -1.71. The second-order valence-corrected chi connectivity index (χ2v) is 1.42. The monoisotopic (exact) mass is 172 g/mol. The molecule has 6 heteroatoms. The van der Waals surface area contributed by atoms with E-state index in [-0.39, 0.29) is 37.7 Å². The van der Waals surface area contributed by atoms with Gasteiger partial charge in [0.1, 0.15) is 0 Å². The minimum absolute atomic E-state index is 0. The van der Waals surface area contributed by atoms with Gasteiger partial charge in [0, 0.05) is 6.20 Å². The van der Waals surface area contributed by atoms with Crippen LogP contribution in [-0.4, -0.2) is 47.7 Å². The van der Waals surface area contributed by atoms with Gasteiger partial charge in [0.2, 0.25) is 5.82 Å². The van der Waals surface area contributed by atoms with Crippen molar-refractivity contribution in [1.82, 2.24) is 9.97 Å². The van der Waals surface area contributed by atoms with Gasteiger partial charge in [-0.2, -0.15) is 4.39 Å². The molecule has 0 aliphatic heterocycles. The molecule has 2 N–H and O–H groups in total. The van der Waals surface area contributed by atoms with Crippen LogP contribution in [0.3, 0.4) is 0 Å². The SMILES string of the molecule is O=c1[nH]cc(F)c(=O)[nH]1.[CaH2]. The van der Waals surface area contributed by atoms with Gasteiger partial charge < -0.3 is 4.98 Å². The van der Waals surface area contributed by atoms with E-state index in [9.17, 15) is 14.0 Å². The van der Waals surface area contributed by atoms with Gasteiger partial charge in [-0.15, -0.1) is 0 Å². The number of nitrogens with one attached hydrogen (secondary N) is 2. The fourth-order valence-electron chi connectivity index (χ4n) is 0.393. The first-order valence-corrected chi connectivity index (χ1v) is 2.17. The zero-order valence-corrected chi connectivity index (χ0v) is 4.27. The summed E-state index contributed by atoms with van der Waals surface area (Å²) in [7, 11) is 0. The van der Waals surface area contributed by atoms with E-state index in [0.29, 0.717) is 6.20 Å². The first-order chi connectivity index (χ1) is 4.20. The Labute approximate surface area is 84.5 Å². The fourth-order valence-corrected chi connectivity index (χ4v) is 0.393. The van der Waals surface area contributed by atoms with E-state index < -0.39 is 17.1 Å². The van der Waals surface area contributed by atoms with E-state index >= 15 is 0 Å². The molecule has 1 heterocycles. The van der Waals surface area contributed by atoms with Crippen LogP contribution in [0.1, 0.15) is 0 Å². The number of hydrogen-bond acceptors (Lipinski definition) is 2. The van der Waals surface area contributed by atoms with Gasteiger partial charge in [-0.05, 0) is 0 Å². The molecule has 10 heavy (non-hydrogen) atoms. The summed E-state index contributed by atoms with van der Waals surface area (Å²) in [4.78, 5) is 24.0. The van der Waals surface area contributed by atoms with E-state index in [1.54, 1.807) is 4.98 Å². The van der Waals surface area contributed by atoms with Crippen molar-refractivity contribution in [3.8, 4) is 0 Å². The summed E-state index contributed by atoms with van der Waals surface area (Å²) in [5, 5.41) is 0. The van der Waals surface area contributed by atoms with Crippen LogP contribution < -0.4 is 11.2 Å². The molecule has 52 valence electrons. The minimum atomic E-state index is -1.00. The number of H-pyrrole nitrogens is 2. The van der Waals surface area contributed by atoms with Crippen molar-refractivity contribution < 1.29 is 4.39 Å². The molecule has 0 saturated heterocycles. The number of rotatable bonds is 0. The molecule has 0 bridgehead atoms. The summed E-state index contributed by atoms with van der Waals surface area (Å²) in [6.07, 6.45) is 0.709. The van der Waals surface area contributed by atoms with Crippen LogP contribution in [0, 0.1) is 5.82 Å². The van der Waals surface area contributed by atoms with E-state index in [4.69, 9.17) is 0 Å².